The van der Waals surface area contributed by atoms with Gasteiger partial charge in [0.05, 0.1) is 14.2 Å². The van der Waals surface area contributed by atoms with Gasteiger partial charge in [-0.2, -0.15) is 0 Å². The van der Waals surface area contributed by atoms with E-state index in [4.69, 9.17) is 21.7 Å². The third kappa shape index (κ3) is 5.40. The second-order valence-electron chi connectivity index (χ2n) is 6.95. The van der Waals surface area contributed by atoms with Crippen LogP contribution in [0.25, 0.3) is 0 Å². The van der Waals surface area contributed by atoms with Crippen molar-refractivity contribution in [2.24, 2.45) is 0 Å². The monoisotopic (exact) mass is 428 g/mol. The lowest BCUT2D eigenvalue weighted by molar-refractivity contribution is 0.0977. The average Bonchev–Trinajstić information content (AvgIpc) is 2.79. The summed E-state index contributed by atoms with van der Waals surface area (Å²) in [6, 6.07) is 13.0. The van der Waals surface area contributed by atoms with Crippen molar-refractivity contribution in [2.75, 3.05) is 57.2 Å². The Balaban J connectivity index is 1.55. The van der Waals surface area contributed by atoms with Crippen LogP contribution in [-0.4, -0.2) is 62.9 Å². The highest BCUT2D eigenvalue weighted by Crippen LogP contribution is 2.27. The number of anilines is 2. The molecule has 0 atom stereocenters. The minimum atomic E-state index is -0.320. The predicted molar refractivity (Wildman–Crippen MR) is 124 cm³/mol. The summed E-state index contributed by atoms with van der Waals surface area (Å²) in [5, 5.41) is 5.98. The second kappa shape index (κ2) is 10.3. The van der Waals surface area contributed by atoms with E-state index < -0.39 is 0 Å². The Morgan fingerprint density at radius 1 is 1.00 bits per heavy atom. The van der Waals surface area contributed by atoms with Gasteiger partial charge in [0, 0.05) is 43.1 Å². The molecule has 0 saturated carbocycles. The van der Waals surface area contributed by atoms with Crippen molar-refractivity contribution < 1.29 is 14.3 Å². The summed E-state index contributed by atoms with van der Waals surface area (Å²) in [4.78, 5) is 17.3. The van der Waals surface area contributed by atoms with Crippen molar-refractivity contribution in [3.05, 3.63) is 48.0 Å². The van der Waals surface area contributed by atoms with E-state index in [9.17, 15) is 4.79 Å². The number of amides is 1. The molecule has 1 aliphatic heterocycles. The largest absolute Gasteiger partial charge is 0.493 e. The number of nitrogens with zero attached hydrogens (tertiary/aromatic N) is 2. The van der Waals surface area contributed by atoms with Crippen molar-refractivity contribution in [3.8, 4) is 11.5 Å². The second-order valence-corrected chi connectivity index (χ2v) is 7.35. The van der Waals surface area contributed by atoms with Gasteiger partial charge in [-0.15, -0.1) is 0 Å². The van der Waals surface area contributed by atoms with E-state index in [1.807, 2.05) is 12.1 Å². The van der Waals surface area contributed by atoms with Crippen molar-refractivity contribution in [3.63, 3.8) is 0 Å². The van der Waals surface area contributed by atoms with E-state index in [1.165, 1.54) is 12.8 Å². The standard InChI is InChI=1S/C22H28N4O3S/c1-4-25-11-13-26(14-12-25)18-8-6-17(7-9-18)23-22(30)24-21(27)16-5-10-19(28-2)20(15-16)29-3/h5-10,15H,4,11-14H2,1-3H3,(H2,23,24,27,30). The minimum Gasteiger partial charge on any atom is -0.493 e. The molecule has 1 fully saturated rings. The van der Waals surface area contributed by atoms with Crippen LogP contribution in [0.4, 0.5) is 11.4 Å². The molecule has 2 aromatic rings. The summed E-state index contributed by atoms with van der Waals surface area (Å²) < 4.78 is 10.4. The number of methoxy groups -OCH3 is 2. The molecular formula is C22H28N4O3S. The number of piperazine rings is 1. The predicted octanol–water partition coefficient (Wildman–Crippen LogP) is 2.97. The van der Waals surface area contributed by atoms with E-state index in [0.29, 0.717) is 17.1 Å². The Hall–Kier alpha value is -2.84. The summed E-state index contributed by atoms with van der Waals surface area (Å²) in [6.45, 7) is 7.53. The number of thiocarbonyl (C=S) groups is 1. The number of rotatable bonds is 6. The lowest BCUT2D eigenvalue weighted by Gasteiger charge is -2.35. The summed E-state index contributed by atoms with van der Waals surface area (Å²) in [6.07, 6.45) is 0. The molecule has 0 radical (unpaired) electrons. The zero-order valence-electron chi connectivity index (χ0n) is 17.6. The van der Waals surface area contributed by atoms with E-state index in [0.717, 1.165) is 38.4 Å². The number of hydrogen-bond donors (Lipinski definition) is 2. The van der Waals surface area contributed by atoms with Crippen LogP contribution in [0, 0.1) is 0 Å². The number of likely N-dealkylation sites (N-methyl/N-ethyl adjacent to an activating group) is 1. The number of benzene rings is 2. The van der Waals surface area contributed by atoms with Gasteiger partial charge in [-0.3, -0.25) is 10.1 Å². The molecule has 1 heterocycles. The van der Waals surface area contributed by atoms with Gasteiger partial charge in [0.25, 0.3) is 5.91 Å². The number of nitrogens with one attached hydrogen (secondary N) is 2. The zero-order chi connectivity index (χ0) is 21.5. The molecule has 0 aromatic heterocycles. The molecule has 160 valence electrons. The van der Waals surface area contributed by atoms with Crippen molar-refractivity contribution in [1.29, 1.82) is 0 Å². The highest BCUT2D eigenvalue weighted by molar-refractivity contribution is 7.80. The smallest absolute Gasteiger partial charge is 0.257 e. The molecule has 2 aromatic carbocycles. The van der Waals surface area contributed by atoms with Gasteiger partial charge >= 0.3 is 0 Å². The topological polar surface area (TPSA) is 66.1 Å². The lowest BCUT2D eigenvalue weighted by Crippen LogP contribution is -2.46. The molecule has 7 nitrogen and oxygen atoms in total. The van der Waals surface area contributed by atoms with Crippen LogP contribution in [0.1, 0.15) is 17.3 Å². The molecule has 0 aliphatic carbocycles. The minimum absolute atomic E-state index is 0.235. The molecule has 30 heavy (non-hydrogen) atoms. The normalized spacial score (nSPS) is 14.2. The van der Waals surface area contributed by atoms with E-state index in [-0.39, 0.29) is 11.0 Å². The fourth-order valence-electron chi connectivity index (χ4n) is 3.39. The van der Waals surface area contributed by atoms with Gasteiger partial charge in [0.15, 0.2) is 16.6 Å². The van der Waals surface area contributed by atoms with Gasteiger partial charge < -0.3 is 24.6 Å². The van der Waals surface area contributed by atoms with Crippen LogP contribution >= 0.6 is 12.2 Å². The van der Waals surface area contributed by atoms with Crippen molar-refractivity contribution in [1.82, 2.24) is 10.2 Å². The maximum Gasteiger partial charge on any atom is 0.257 e. The van der Waals surface area contributed by atoms with E-state index in [1.54, 1.807) is 25.3 Å². The Morgan fingerprint density at radius 2 is 1.67 bits per heavy atom. The number of carbonyl (C=O) groups is 1. The number of carbonyl (C=O) groups excluding carboxylic acids is 1. The summed E-state index contributed by atoms with van der Waals surface area (Å²) in [5.74, 6) is 0.726. The summed E-state index contributed by atoms with van der Waals surface area (Å²) >= 11 is 5.29. The molecule has 0 bridgehead atoms. The quantitative estimate of drug-likeness (QED) is 0.686. The molecule has 2 N–H and O–H groups in total. The number of ether oxygens (including phenoxy) is 2. The molecule has 1 amide bonds. The Morgan fingerprint density at radius 3 is 2.27 bits per heavy atom. The van der Waals surface area contributed by atoms with Gasteiger partial charge in [-0.25, -0.2) is 0 Å². The highest BCUT2D eigenvalue weighted by atomic mass is 32.1. The van der Waals surface area contributed by atoms with Crippen LogP contribution in [-0.2, 0) is 0 Å². The van der Waals surface area contributed by atoms with E-state index >= 15 is 0 Å². The maximum atomic E-state index is 12.5. The molecule has 1 aliphatic rings. The first-order chi connectivity index (χ1) is 14.5. The van der Waals surface area contributed by atoms with Crippen LogP contribution in [0.5, 0.6) is 11.5 Å². The SMILES string of the molecule is CCN1CCN(c2ccc(NC(=S)NC(=O)c3ccc(OC)c(OC)c3)cc2)CC1. The third-order valence-electron chi connectivity index (χ3n) is 5.18. The fraction of sp³-hybridized carbons (Fsp3) is 0.364. The molecule has 0 spiro atoms. The lowest BCUT2D eigenvalue weighted by atomic mass is 10.2. The van der Waals surface area contributed by atoms with Crippen LogP contribution in [0.3, 0.4) is 0 Å². The van der Waals surface area contributed by atoms with Crippen molar-refractivity contribution >= 4 is 34.6 Å². The molecule has 8 heteroatoms. The van der Waals surface area contributed by atoms with Gasteiger partial charge in [-0.05, 0) is 61.2 Å². The first kappa shape index (κ1) is 21.9. The Labute approximate surface area is 182 Å². The Kier molecular flexibility index (Phi) is 7.48. The third-order valence-corrected chi connectivity index (χ3v) is 5.39. The van der Waals surface area contributed by atoms with Gasteiger partial charge in [0.1, 0.15) is 0 Å². The molecule has 1 saturated heterocycles. The van der Waals surface area contributed by atoms with Gasteiger partial charge in [-0.1, -0.05) is 6.92 Å². The summed E-state index contributed by atoms with van der Waals surface area (Å²) in [5.41, 5.74) is 2.44. The molecule has 0 unspecified atom stereocenters. The molecular weight excluding hydrogens is 400 g/mol. The first-order valence-electron chi connectivity index (χ1n) is 9.95. The van der Waals surface area contributed by atoms with Crippen LogP contribution in [0.15, 0.2) is 42.5 Å². The van der Waals surface area contributed by atoms with Crippen molar-refractivity contribution in [2.45, 2.75) is 6.92 Å². The Bertz CT molecular complexity index is 880. The fourth-order valence-corrected chi connectivity index (χ4v) is 3.60. The zero-order valence-corrected chi connectivity index (χ0v) is 18.4. The first-order valence-corrected chi connectivity index (χ1v) is 10.4. The molecule has 3 rings (SSSR count). The van der Waals surface area contributed by atoms with Crippen LogP contribution in [0.2, 0.25) is 0 Å². The average molecular weight is 429 g/mol. The van der Waals surface area contributed by atoms with Gasteiger partial charge in [0.2, 0.25) is 0 Å². The maximum absolute atomic E-state index is 12.5. The number of hydrogen-bond acceptors (Lipinski definition) is 6. The summed E-state index contributed by atoms with van der Waals surface area (Å²) in [7, 11) is 3.08. The highest BCUT2D eigenvalue weighted by Gasteiger charge is 2.16. The van der Waals surface area contributed by atoms with Crippen LogP contribution < -0.4 is 25.0 Å². The van der Waals surface area contributed by atoms with E-state index in [2.05, 4.69) is 39.5 Å².